The molecule has 1 unspecified atom stereocenters. The standard InChI is InChI=1S/C15H17FO2S/c1-10-7-8-13(19-10)15(2,17)9-11-5-4-6-12(18-3)14(11)16/h4-8,17H,9H2,1-3H3. The van der Waals surface area contributed by atoms with Crippen LogP contribution in [0.3, 0.4) is 0 Å². The Kier molecular flexibility index (Phi) is 3.92. The molecule has 1 aromatic carbocycles. The minimum Gasteiger partial charge on any atom is -0.494 e. The molecule has 1 N–H and O–H groups in total. The number of methoxy groups -OCH3 is 1. The third-order valence-corrected chi connectivity index (χ3v) is 4.32. The van der Waals surface area contributed by atoms with Crippen LogP contribution in [0, 0.1) is 12.7 Å². The number of benzene rings is 1. The molecule has 0 bridgehead atoms. The summed E-state index contributed by atoms with van der Waals surface area (Å²) >= 11 is 1.53. The summed E-state index contributed by atoms with van der Waals surface area (Å²) in [6, 6.07) is 8.82. The molecule has 1 aromatic heterocycles. The van der Waals surface area contributed by atoms with Gasteiger partial charge in [0.25, 0.3) is 0 Å². The molecule has 0 fully saturated rings. The predicted molar refractivity (Wildman–Crippen MR) is 75.3 cm³/mol. The maximum absolute atomic E-state index is 14.1. The minimum absolute atomic E-state index is 0.204. The molecule has 0 aliphatic rings. The molecule has 0 saturated carbocycles. The van der Waals surface area contributed by atoms with Crippen LogP contribution in [0.2, 0.25) is 0 Å². The Bertz CT molecular complexity index is 575. The monoisotopic (exact) mass is 280 g/mol. The quantitative estimate of drug-likeness (QED) is 0.926. The topological polar surface area (TPSA) is 29.5 Å². The lowest BCUT2D eigenvalue weighted by molar-refractivity contribution is 0.0604. The number of thiophene rings is 1. The van der Waals surface area contributed by atoms with Crippen molar-refractivity contribution in [2.45, 2.75) is 25.9 Å². The van der Waals surface area contributed by atoms with Crippen LogP contribution in [0.4, 0.5) is 4.39 Å². The molecule has 0 amide bonds. The number of hydrogen-bond donors (Lipinski definition) is 1. The molecule has 2 nitrogen and oxygen atoms in total. The van der Waals surface area contributed by atoms with Crippen LogP contribution in [-0.4, -0.2) is 12.2 Å². The zero-order valence-electron chi connectivity index (χ0n) is 11.2. The Labute approximate surface area is 116 Å². The Morgan fingerprint density at radius 3 is 2.63 bits per heavy atom. The highest BCUT2D eigenvalue weighted by molar-refractivity contribution is 7.12. The maximum Gasteiger partial charge on any atom is 0.168 e. The molecule has 0 aliphatic carbocycles. The number of aryl methyl sites for hydroxylation is 1. The van der Waals surface area contributed by atoms with E-state index in [1.54, 1.807) is 25.1 Å². The fraction of sp³-hybridized carbons (Fsp3) is 0.333. The van der Waals surface area contributed by atoms with Gasteiger partial charge in [0.05, 0.1) is 7.11 Å². The fourth-order valence-electron chi connectivity index (χ4n) is 2.03. The summed E-state index contributed by atoms with van der Waals surface area (Å²) in [6.45, 7) is 3.69. The molecule has 2 aromatic rings. The van der Waals surface area contributed by atoms with Gasteiger partial charge in [0.2, 0.25) is 0 Å². The zero-order valence-corrected chi connectivity index (χ0v) is 12.1. The normalized spacial score (nSPS) is 14.2. The summed E-state index contributed by atoms with van der Waals surface area (Å²) in [5.74, 6) is -0.200. The van der Waals surface area contributed by atoms with E-state index in [0.29, 0.717) is 5.56 Å². The van der Waals surface area contributed by atoms with Crippen molar-refractivity contribution in [2.75, 3.05) is 7.11 Å². The molecule has 0 radical (unpaired) electrons. The van der Waals surface area contributed by atoms with Gasteiger partial charge in [0.15, 0.2) is 11.6 Å². The number of halogens is 1. The van der Waals surface area contributed by atoms with Crippen LogP contribution in [0.25, 0.3) is 0 Å². The Balaban J connectivity index is 2.30. The van der Waals surface area contributed by atoms with Crippen LogP contribution in [0.15, 0.2) is 30.3 Å². The van der Waals surface area contributed by atoms with Gasteiger partial charge in [-0.05, 0) is 37.6 Å². The molecule has 102 valence electrons. The van der Waals surface area contributed by atoms with Crippen molar-refractivity contribution in [2.24, 2.45) is 0 Å². The second-order valence-corrected chi connectivity index (χ2v) is 6.08. The smallest absolute Gasteiger partial charge is 0.168 e. The van der Waals surface area contributed by atoms with Crippen molar-refractivity contribution in [3.8, 4) is 5.75 Å². The van der Waals surface area contributed by atoms with E-state index in [4.69, 9.17) is 4.74 Å². The average Bonchev–Trinajstić information content (AvgIpc) is 2.79. The molecule has 19 heavy (non-hydrogen) atoms. The number of rotatable bonds is 4. The highest BCUT2D eigenvalue weighted by Gasteiger charge is 2.27. The van der Waals surface area contributed by atoms with Gasteiger partial charge >= 0.3 is 0 Å². The van der Waals surface area contributed by atoms with Gasteiger partial charge in [-0.25, -0.2) is 4.39 Å². The number of ether oxygens (including phenoxy) is 1. The Morgan fingerprint density at radius 2 is 2.05 bits per heavy atom. The predicted octanol–water partition coefficient (Wildman–Crippen LogP) is 3.65. The molecular formula is C15H17FO2S. The van der Waals surface area contributed by atoms with Gasteiger partial charge in [-0.3, -0.25) is 0 Å². The Morgan fingerprint density at radius 1 is 1.32 bits per heavy atom. The van der Waals surface area contributed by atoms with Gasteiger partial charge in [-0.2, -0.15) is 0 Å². The summed E-state index contributed by atoms with van der Waals surface area (Å²) in [5.41, 5.74) is -0.623. The van der Waals surface area contributed by atoms with Gasteiger partial charge in [0.1, 0.15) is 5.60 Å². The zero-order chi connectivity index (χ0) is 14.0. The molecule has 0 saturated heterocycles. The van der Waals surface area contributed by atoms with Gasteiger partial charge < -0.3 is 9.84 Å². The fourth-order valence-corrected chi connectivity index (χ4v) is 2.94. The summed E-state index contributed by atoms with van der Waals surface area (Å²) in [7, 11) is 1.43. The van der Waals surface area contributed by atoms with E-state index >= 15 is 0 Å². The summed E-state index contributed by atoms with van der Waals surface area (Å²) in [6.07, 6.45) is 0.218. The SMILES string of the molecule is COc1cccc(CC(C)(O)c2ccc(C)s2)c1F. The van der Waals surface area contributed by atoms with Crippen molar-refractivity contribution in [3.05, 3.63) is 51.5 Å². The molecule has 0 aliphatic heterocycles. The molecule has 4 heteroatoms. The van der Waals surface area contributed by atoms with Crippen molar-refractivity contribution in [3.63, 3.8) is 0 Å². The van der Waals surface area contributed by atoms with E-state index in [-0.39, 0.29) is 12.2 Å². The van der Waals surface area contributed by atoms with E-state index in [1.165, 1.54) is 18.4 Å². The average molecular weight is 280 g/mol. The first-order chi connectivity index (χ1) is 8.94. The first kappa shape index (κ1) is 14.0. The molecule has 1 heterocycles. The van der Waals surface area contributed by atoms with E-state index in [1.807, 2.05) is 19.1 Å². The van der Waals surface area contributed by atoms with E-state index < -0.39 is 11.4 Å². The molecule has 0 spiro atoms. The minimum atomic E-state index is -1.08. The van der Waals surface area contributed by atoms with Crippen molar-refractivity contribution in [1.29, 1.82) is 0 Å². The van der Waals surface area contributed by atoms with E-state index in [2.05, 4.69) is 0 Å². The second-order valence-electron chi connectivity index (χ2n) is 4.79. The molecule has 2 rings (SSSR count). The largest absolute Gasteiger partial charge is 0.494 e. The van der Waals surface area contributed by atoms with E-state index in [9.17, 15) is 9.50 Å². The van der Waals surface area contributed by atoms with Gasteiger partial charge in [0, 0.05) is 16.2 Å². The maximum atomic E-state index is 14.1. The third kappa shape index (κ3) is 2.96. The lowest BCUT2D eigenvalue weighted by Gasteiger charge is -2.22. The van der Waals surface area contributed by atoms with Crippen LogP contribution in [-0.2, 0) is 12.0 Å². The first-order valence-corrected chi connectivity index (χ1v) is 6.86. The summed E-state index contributed by atoms with van der Waals surface area (Å²) < 4.78 is 19.0. The van der Waals surface area contributed by atoms with Crippen LogP contribution >= 0.6 is 11.3 Å². The van der Waals surface area contributed by atoms with Crippen LogP contribution < -0.4 is 4.74 Å². The number of aliphatic hydroxyl groups is 1. The molecule has 1 atom stereocenters. The van der Waals surface area contributed by atoms with Crippen molar-refractivity contribution >= 4 is 11.3 Å². The number of hydrogen-bond acceptors (Lipinski definition) is 3. The lowest BCUT2D eigenvalue weighted by Crippen LogP contribution is -2.23. The first-order valence-electron chi connectivity index (χ1n) is 6.05. The summed E-state index contributed by atoms with van der Waals surface area (Å²) in [4.78, 5) is 1.97. The molecular weight excluding hydrogens is 263 g/mol. The van der Waals surface area contributed by atoms with Crippen molar-refractivity contribution < 1.29 is 14.2 Å². The van der Waals surface area contributed by atoms with Crippen LogP contribution in [0.5, 0.6) is 5.75 Å². The second kappa shape index (κ2) is 5.31. The van der Waals surface area contributed by atoms with Crippen LogP contribution in [0.1, 0.15) is 22.2 Å². The summed E-state index contributed by atoms with van der Waals surface area (Å²) in [5, 5.41) is 10.5. The van der Waals surface area contributed by atoms with E-state index in [0.717, 1.165) is 9.75 Å². The lowest BCUT2D eigenvalue weighted by atomic mass is 9.94. The third-order valence-electron chi connectivity index (χ3n) is 3.07. The highest BCUT2D eigenvalue weighted by atomic mass is 32.1. The van der Waals surface area contributed by atoms with Gasteiger partial charge in [-0.1, -0.05) is 12.1 Å². The highest BCUT2D eigenvalue weighted by Crippen LogP contribution is 2.33. The van der Waals surface area contributed by atoms with Crippen molar-refractivity contribution in [1.82, 2.24) is 0 Å². The Hall–Kier alpha value is -1.39. The van der Waals surface area contributed by atoms with Gasteiger partial charge in [-0.15, -0.1) is 11.3 Å².